The van der Waals surface area contributed by atoms with Crippen LogP contribution in [0, 0.1) is 13.8 Å². The second-order valence-corrected chi connectivity index (χ2v) is 6.45. The van der Waals surface area contributed by atoms with E-state index in [4.69, 9.17) is 4.74 Å². The van der Waals surface area contributed by atoms with Crippen molar-refractivity contribution >= 4 is 5.96 Å². The van der Waals surface area contributed by atoms with Crippen molar-refractivity contribution in [2.45, 2.75) is 46.3 Å². The minimum absolute atomic E-state index is 0.0545. The van der Waals surface area contributed by atoms with Gasteiger partial charge in [-0.05, 0) is 45.2 Å². The van der Waals surface area contributed by atoms with Crippen molar-refractivity contribution in [3.63, 3.8) is 0 Å². The van der Waals surface area contributed by atoms with E-state index < -0.39 is 0 Å². The topological polar surface area (TPSA) is 63.5 Å². The van der Waals surface area contributed by atoms with E-state index in [2.05, 4.69) is 45.1 Å². The van der Waals surface area contributed by atoms with Gasteiger partial charge in [-0.15, -0.1) is 0 Å². The first-order valence-electron chi connectivity index (χ1n) is 9.24. The van der Waals surface area contributed by atoms with Crippen molar-refractivity contribution in [2.75, 3.05) is 20.1 Å². The van der Waals surface area contributed by atoms with E-state index in [1.807, 2.05) is 37.5 Å². The Labute approximate surface area is 156 Å². The molecule has 2 aromatic rings. The summed E-state index contributed by atoms with van der Waals surface area (Å²) in [5, 5.41) is 6.67. The number of guanidine groups is 1. The Kier molecular flexibility index (Phi) is 7.99. The normalized spacial score (nSPS) is 12.7. The van der Waals surface area contributed by atoms with Gasteiger partial charge in [0.25, 0.3) is 0 Å². The summed E-state index contributed by atoms with van der Waals surface area (Å²) in [5.74, 6) is 2.81. The highest BCUT2D eigenvalue weighted by atomic mass is 16.5. The van der Waals surface area contributed by atoms with Crippen molar-refractivity contribution in [1.82, 2.24) is 20.2 Å². The summed E-state index contributed by atoms with van der Waals surface area (Å²) >= 11 is 0. The number of aliphatic imine (C=N–C) groups is 1. The molecular weight excluding hydrogens is 326 g/mol. The molecule has 6 heteroatoms. The maximum atomic E-state index is 5.98. The van der Waals surface area contributed by atoms with E-state index in [-0.39, 0.29) is 6.10 Å². The summed E-state index contributed by atoms with van der Waals surface area (Å²) in [4.78, 5) is 8.51. The van der Waals surface area contributed by atoms with Gasteiger partial charge in [-0.3, -0.25) is 4.99 Å². The van der Waals surface area contributed by atoms with Crippen LogP contribution in [-0.4, -0.2) is 41.8 Å². The Morgan fingerprint density at radius 1 is 1.23 bits per heavy atom. The predicted octanol–water partition coefficient (Wildman–Crippen LogP) is 2.91. The SMILES string of the molecule is CN=C(NCCCCn1ccnc1C)NCC(C)Oc1ccccc1C. The van der Waals surface area contributed by atoms with E-state index in [1.54, 1.807) is 7.05 Å². The number of para-hydroxylation sites is 1. The lowest BCUT2D eigenvalue weighted by Gasteiger charge is -2.18. The number of rotatable bonds is 9. The van der Waals surface area contributed by atoms with Gasteiger partial charge in [-0.1, -0.05) is 18.2 Å². The molecule has 6 nitrogen and oxygen atoms in total. The van der Waals surface area contributed by atoms with Gasteiger partial charge in [0, 0.05) is 32.5 Å². The molecule has 2 rings (SSSR count). The lowest BCUT2D eigenvalue weighted by Crippen LogP contribution is -2.42. The zero-order valence-electron chi connectivity index (χ0n) is 16.3. The second kappa shape index (κ2) is 10.5. The molecule has 1 atom stereocenters. The van der Waals surface area contributed by atoms with E-state index >= 15 is 0 Å². The third-order valence-electron chi connectivity index (χ3n) is 4.24. The molecule has 26 heavy (non-hydrogen) atoms. The summed E-state index contributed by atoms with van der Waals surface area (Å²) in [7, 11) is 1.79. The van der Waals surface area contributed by atoms with Gasteiger partial charge in [-0.25, -0.2) is 4.98 Å². The van der Waals surface area contributed by atoms with Crippen LogP contribution < -0.4 is 15.4 Å². The number of imidazole rings is 1. The Hall–Kier alpha value is -2.50. The Morgan fingerprint density at radius 2 is 2.04 bits per heavy atom. The van der Waals surface area contributed by atoms with Crippen LogP contribution in [0.3, 0.4) is 0 Å². The number of unbranched alkanes of at least 4 members (excludes halogenated alkanes) is 1. The molecule has 1 unspecified atom stereocenters. The van der Waals surface area contributed by atoms with Crippen LogP contribution in [0.5, 0.6) is 5.75 Å². The first-order valence-corrected chi connectivity index (χ1v) is 9.24. The fourth-order valence-corrected chi connectivity index (χ4v) is 2.66. The number of benzene rings is 1. The number of nitrogens with zero attached hydrogens (tertiary/aromatic N) is 3. The fourth-order valence-electron chi connectivity index (χ4n) is 2.66. The van der Waals surface area contributed by atoms with Crippen molar-refractivity contribution in [3.8, 4) is 5.75 Å². The highest BCUT2D eigenvalue weighted by molar-refractivity contribution is 5.79. The largest absolute Gasteiger partial charge is 0.489 e. The smallest absolute Gasteiger partial charge is 0.191 e. The number of nitrogens with one attached hydrogen (secondary N) is 2. The van der Waals surface area contributed by atoms with Crippen LogP contribution in [0.1, 0.15) is 31.2 Å². The van der Waals surface area contributed by atoms with Gasteiger partial charge in [0.2, 0.25) is 0 Å². The monoisotopic (exact) mass is 357 g/mol. The summed E-state index contributed by atoms with van der Waals surface area (Å²) in [6.45, 7) is 8.73. The van der Waals surface area contributed by atoms with Crippen LogP contribution in [0.25, 0.3) is 0 Å². The second-order valence-electron chi connectivity index (χ2n) is 6.45. The summed E-state index contributed by atoms with van der Waals surface area (Å²) in [5.41, 5.74) is 1.15. The molecule has 1 aromatic heterocycles. The highest BCUT2D eigenvalue weighted by Crippen LogP contribution is 2.17. The van der Waals surface area contributed by atoms with Crippen LogP contribution in [-0.2, 0) is 6.54 Å². The molecule has 2 N–H and O–H groups in total. The highest BCUT2D eigenvalue weighted by Gasteiger charge is 2.07. The summed E-state index contributed by atoms with van der Waals surface area (Å²) < 4.78 is 8.16. The lowest BCUT2D eigenvalue weighted by molar-refractivity contribution is 0.222. The van der Waals surface area contributed by atoms with E-state index in [0.29, 0.717) is 6.54 Å². The molecule has 0 saturated heterocycles. The standard InChI is InChI=1S/C20H31N5O/c1-16-9-5-6-10-19(16)26-17(2)15-24-20(21-4)23-11-7-8-13-25-14-12-22-18(25)3/h5-6,9-10,12,14,17H,7-8,11,13,15H2,1-4H3,(H2,21,23,24). The molecule has 142 valence electrons. The molecule has 0 aliphatic heterocycles. The maximum absolute atomic E-state index is 5.98. The molecule has 0 aliphatic carbocycles. The molecular formula is C20H31N5O. The van der Waals surface area contributed by atoms with E-state index in [0.717, 1.165) is 49.0 Å². The molecule has 0 aliphatic rings. The first kappa shape index (κ1) is 19.8. The average molecular weight is 358 g/mol. The van der Waals surface area contributed by atoms with Crippen LogP contribution in [0.4, 0.5) is 0 Å². The molecule has 1 aromatic carbocycles. The number of hydrogen-bond donors (Lipinski definition) is 2. The van der Waals surface area contributed by atoms with Crippen molar-refractivity contribution in [3.05, 3.63) is 48.0 Å². The van der Waals surface area contributed by atoms with Gasteiger partial charge in [0.05, 0.1) is 6.54 Å². The van der Waals surface area contributed by atoms with Gasteiger partial charge >= 0.3 is 0 Å². The first-order chi connectivity index (χ1) is 12.6. The minimum atomic E-state index is 0.0545. The third kappa shape index (κ3) is 6.43. The van der Waals surface area contributed by atoms with Gasteiger partial charge in [0.1, 0.15) is 17.7 Å². The molecule has 0 radical (unpaired) electrons. The number of hydrogen-bond acceptors (Lipinski definition) is 3. The number of aryl methyl sites for hydroxylation is 3. The molecule has 0 bridgehead atoms. The van der Waals surface area contributed by atoms with Gasteiger partial charge in [-0.2, -0.15) is 0 Å². The van der Waals surface area contributed by atoms with E-state index in [1.165, 1.54) is 0 Å². The molecule has 0 saturated carbocycles. The van der Waals surface area contributed by atoms with Gasteiger partial charge in [0.15, 0.2) is 5.96 Å². The lowest BCUT2D eigenvalue weighted by atomic mass is 10.2. The third-order valence-corrected chi connectivity index (χ3v) is 4.24. The van der Waals surface area contributed by atoms with Crippen LogP contribution in [0.15, 0.2) is 41.7 Å². The van der Waals surface area contributed by atoms with Gasteiger partial charge < -0.3 is 19.9 Å². The number of ether oxygens (including phenoxy) is 1. The maximum Gasteiger partial charge on any atom is 0.191 e. The quantitative estimate of drug-likeness (QED) is 0.411. The Balaban J connectivity index is 1.63. The zero-order chi connectivity index (χ0) is 18.8. The van der Waals surface area contributed by atoms with Crippen LogP contribution >= 0.6 is 0 Å². The summed E-state index contributed by atoms with van der Waals surface area (Å²) in [6.07, 6.45) is 6.11. The molecule has 0 spiro atoms. The van der Waals surface area contributed by atoms with Crippen molar-refractivity contribution in [2.24, 2.45) is 4.99 Å². The molecule has 0 amide bonds. The zero-order valence-corrected chi connectivity index (χ0v) is 16.3. The Morgan fingerprint density at radius 3 is 2.73 bits per heavy atom. The number of aromatic nitrogens is 2. The van der Waals surface area contributed by atoms with E-state index in [9.17, 15) is 0 Å². The summed E-state index contributed by atoms with van der Waals surface area (Å²) in [6, 6.07) is 8.07. The fraction of sp³-hybridized carbons (Fsp3) is 0.500. The predicted molar refractivity (Wildman–Crippen MR) is 107 cm³/mol. The van der Waals surface area contributed by atoms with Crippen LogP contribution in [0.2, 0.25) is 0 Å². The molecule has 1 heterocycles. The molecule has 0 fully saturated rings. The Bertz CT molecular complexity index is 695. The van der Waals surface area contributed by atoms with Crippen molar-refractivity contribution in [1.29, 1.82) is 0 Å². The average Bonchev–Trinajstić information content (AvgIpc) is 3.04. The van der Waals surface area contributed by atoms with Crippen molar-refractivity contribution < 1.29 is 4.74 Å². The minimum Gasteiger partial charge on any atom is -0.489 e.